The summed E-state index contributed by atoms with van der Waals surface area (Å²) in [5.74, 6) is 0.322. The Bertz CT molecular complexity index is 361. The Morgan fingerprint density at radius 1 is 1.41 bits per heavy atom. The third-order valence-corrected chi connectivity index (χ3v) is 3.62. The van der Waals surface area contributed by atoms with Crippen molar-refractivity contribution in [2.75, 3.05) is 0 Å². The lowest BCUT2D eigenvalue weighted by Crippen LogP contribution is -2.14. The van der Waals surface area contributed by atoms with Crippen LogP contribution in [0.4, 0.5) is 0 Å². The monoisotopic (exact) mass is 258 g/mol. The van der Waals surface area contributed by atoms with Crippen LogP contribution in [-0.4, -0.2) is 21.0 Å². The first-order valence-corrected chi connectivity index (χ1v) is 6.73. The van der Waals surface area contributed by atoms with E-state index in [-0.39, 0.29) is 6.10 Å². The van der Waals surface area contributed by atoms with E-state index in [1.165, 1.54) is 0 Å². The predicted molar refractivity (Wildman–Crippen MR) is 71.4 cm³/mol. The van der Waals surface area contributed by atoms with Crippen LogP contribution in [0.25, 0.3) is 0 Å². The highest BCUT2D eigenvalue weighted by Gasteiger charge is 2.14. The van der Waals surface area contributed by atoms with Gasteiger partial charge in [-0.1, -0.05) is 32.4 Å². The Morgan fingerprint density at radius 3 is 2.53 bits per heavy atom. The first-order chi connectivity index (χ1) is 7.97. The van der Waals surface area contributed by atoms with E-state index in [0.29, 0.717) is 5.92 Å². The van der Waals surface area contributed by atoms with E-state index in [1.807, 2.05) is 25.6 Å². The van der Waals surface area contributed by atoms with Gasteiger partial charge in [0.1, 0.15) is 0 Å². The number of hydrogen-bond acceptors (Lipinski definition) is 2. The molecule has 17 heavy (non-hydrogen) atoms. The van der Waals surface area contributed by atoms with Gasteiger partial charge in [-0.15, -0.1) is 0 Å². The highest BCUT2D eigenvalue weighted by Crippen LogP contribution is 2.23. The fourth-order valence-electron chi connectivity index (χ4n) is 1.90. The molecule has 1 rings (SSSR count). The van der Waals surface area contributed by atoms with Gasteiger partial charge in [-0.05, 0) is 31.6 Å². The third-order valence-electron chi connectivity index (χ3n) is 3.19. The van der Waals surface area contributed by atoms with Gasteiger partial charge in [0.25, 0.3) is 0 Å². The average Bonchev–Trinajstić information content (AvgIpc) is 2.55. The Morgan fingerprint density at radius 2 is 2.06 bits per heavy atom. The Hall–Kier alpha value is -0.540. The Kier molecular flexibility index (Phi) is 5.47. The number of halogens is 1. The first-order valence-electron chi connectivity index (χ1n) is 6.35. The lowest BCUT2D eigenvalue weighted by atomic mass is 10.0. The number of aliphatic hydroxyl groups is 1. The number of hydrogen-bond donors (Lipinski definition) is 1. The summed E-state index contributed by atoms with van der Waals surface area (Å²) in [4.78, 5) is 0. The van der Waals surface area contributed by atoms with Crippen LogP contribution in [0.3, 0.4) is 0 Å². The number of nitrogens with zero attached hydrogens (tertiary/aromatic N) is 2. The van der Waals surface area contributed by atoms with Gasteiger partial charge in [-0.2, -0.15) is 5.10 Å². The third kappa shape index (κ3) is 3.71. The largest absolute Gasteiger partial charge is 0.393 e. The van der Waals surface area contributed by atoms with Crippen molar-refractivity contribution in [3.8, 4) is 0 Å². The molecule has 0 aliphatic heterocycles. The van der Waals surface area contributed by atoms with Crippen LogP contribution >= 0.6 is 11.6 Å². The van der Waals surface area contributed by atoms with Crippen molar-refractivity contribution in [3.63, 3.8) is 0 Å². The number of rotatable bonds is 6. The van der Waals surface area contributed by atoms with Crippen LogP contribution in [-0.2, 0) is 19.9 Å². The van der Waals surface area contributed by atoms with E-state index in [4.69, 9.17) is 11.6 Å². The van der Waals surface area contributed by atoms with Gasteiger partial charge in [-0.25, -0.2) is 0 Å². The molecule has 0 saturated carbocycles. The topological polar surface area (TPSA) is 38.0 Å². The first kappa shape index (κ1) is 14.5. The SMILES string of the molecule is CCc1nn(C)c(CCCC(O)C(C)C)c1Cl. The molecule has 0 radical (unpaired) electrons. The molecule has 1 aromatic heterocycles. The van der Waals surface area contributed by atoms with E-state index in [2.05, 4.69) is 12.0 Å². The number of aryl methyl sites for hydroxylation is 2. The molecule has 1 heterocycles. The zero-order chi connectivity index (χ0) is 13.0. The minimum absolute atomic E-state index is 0.215. The second kappa shape index (κ2) is 6.41. The lowest BCUT2D eigenvalue weighted by Gasteiger charge is -2.13. The summed E-state index contributed by atoms with van der Waals surface area (Å²) >= 11 is 6.26. The van der Waals surface area contributed by atoms with Gasteiger partial charge in [0, 0.05) is 7.05 Å². The Labute approximate surface area is 109 Å². The summed E-state index contributed by atoms with van der Waals surface area (Å²) in [6.07, 6.45) is 3.29. The van der Waals surface area contributed by atoms with Crippen molar-refractivity contribution in [2.24, 2.45) is 13.0 Å². The molecule has 0 saturated heterocycles. The molecule has 1 atom stereocenters. The molecule has 0 bridgehead atoms. The zero-order valence-electron chi connectivity index (χ0n) is 11.2. The molecule has 1 unspecified atom stereocenters. The van der Waals surface area contributed by atoms with Crippen molar-refractivity contribution in [1.29, 1.82) is 0 Å². The van der Waals surface area contributed by atoms with Crippen molar-refractivity contribution in [2.45, 2.75) is 52.6 Å². The maximum Gasteiger partial charge on any atom is 0.0849 e. The molecule has 1 aromatic rings. The van der Waals surface area contributed by atoms with E-state index in [9.17, 15) is 5.11 Å². The number of aromatic nitrogens is 2. The molecule has 1 N–H and O–H groups in total. The van der Waals surface area contributed by atoms with Crippen molar-refractivity contribution in [1.82, 2.24) is 9.78 Å². The van der Waals surface area contributed by atoms with E-state index in [0.717, 1.165) is 42.1 Å². The lowest BCUT2D eigenvalue weighted by molar-refractivity contribution is 0.114. The van der Waals surface area contributed by atoms with Crippen molar-refractivity contribution >= 4 is 11.6 Å². The van der Waals surface area contributed by atoms with Gasteiger partial charge in [0.05, 0.1) is 22.5 Å². The van der Waals surface area contributed by atoms with Crippen LogP contribution in [0.1, 0.15) is 45.0 Å². The summed E-state index contributed by atoms with van der Waals surface area (Å²) in [5.41, 5.74) is 2.05. The molecule has 0 fully saturated rings. The van der Waals surface area contributed by atoms with Gasteiger partial charge in [-0.3, -0.25) is 4.68 Å². The molecular formula is C13H23ClN2O. The average molecular weight is 259 g/mol. The zero-order valence-corrected chi connectivity index (χ0v) is 12.0. The predicted octanol–water partition coefficient (Wildman–Crippen LogP) is 2.98. The van der Waals surface area contributed by atoms with E-state index in [1.54, 1.807) is 0 Å². The fourth-order valence-corrected chi connectivity index (χ4v) is 2.29. The van der Waals surface area contributed by atoms with Gasteiger partial charge in [0.15, 0.2) is 0 Å². The van der Waals surface area contributed by atoms with E-state index >= 15 is 0 Å². The van der Waals surface area contributed by atoms with Gasteiger partial charge in [0.2, 0.25) is 0 Å². The molecular weight excluding hydrogens is 236 g/mol. The summed E-state index contributed by atoms with van der Waals surface area (Å²) in [6, 6.07) is 0. The smallest absolute Gasteiger partial charge is 0.0849 e. The van der Waals surface area contributed by atoms with Crippen LogP contribution in [0.5, 0.6) is 0 Å². The van der Waals surface area contributed by atoms with Crippen LogP contribution < -0.4 is 0 Å². The van der Waals surface area contributed by atoms with Gasteiger partial charge >= 0.3 is 0 Å². The standard InChI is InChI=1S/C13H23ClN2O/c1-5-10-13(14)11(16(4)15-10)7-6-8-12(17)9(2)3/h9,12,17H,5-8H2,1-4H3. The van der Waals surface area contributed by atoms with E-state index < -0.39 is 0 Å². The Balaban J connectivity index is 2.55. The molecule has 0 aliphatic carbocycles. The quantitative estimate of drug-likeness (QED) is 0.852. The molecule has 0 amide bonds. The maximum atomic E-state index is 9.74. The molecule has 4 heteroatoms. The summed E-state index contributed by atoms with van der Waals surface area (Å²) in [5, 5.41) is 14.9. The molecule has 0 aliphatic rings. The van der Waals surface area contributed by atoms with Gasteiger partial charge < -0.3 is 5.11 Å². The normalized spacial score (nSPS) is 13.4. The maximum absolute atomic E-state index is 9.74. The fraction of sp³-hybridized carbons (Fsp3) is 0.769. The van der Waals surface area contributed by atoms with Crippen LogP contribution in [0.2, 0.25) is 5.02 Å². The molecule has 0 spiro atoms. The minimum atomic E-state index is -0.215. The van der Waals surface area contributed by atoms with Crippen molar-refractivity contribution < 1.29 is 5.11 Å². The molecule has 3 nitrogen and oxygen atoms in total. The summed E-state index contributed by atoms with van der Waals surface area (Å²) < 4.78 is 1.86. The second-order valence-corrected chi connectivity index (χ2v) is 5.27. The highest BCUT2D eigenvalue weighted by atomic mass is 35.5. The highest BCUT2D eigenvalue weighted by molar-refractivity contribution is 6.31. The minimum Gasteiger partial charge on any atom is -0.393 e. The molecule has 0 aromatic carbocycles. The van der Waals surface area contributed by atoms with Crippen molar-refractivity contribution in [3.05, 3.63) is 16.4 Å². The second-order valence-electron chi connectivity index (χ2n) is 4.89. The number of aliphatic hydroxyl groups excluding tert-OH is 1. The summed E-state index contributed by atoms with van der Waals surface area (Å²) in [6.45, 7) is 6.13. The summed E-state index contributed by atoms with van der Waals surface area (Å²) in [7, 11) is 1.93. The van der Waals surface area contributed by atoms with Crippen LogP contribution in [0.15, 0.2) is 0 Å². The van der Waals surface area contributed by atoms with Crippen LogP contribution in [0, 0.1) is 5.92 Å². The molecule has 98 valence electrons.